The highest BCUT2D eigenvalue weighted by Crippen LogP contribution is 2.33. The topological polar surface area (TPSA) is 31.6 Å². The van der Waals surface area contributed by atoms with Crippen LogP contribution in [0.15, 0.2) is 34.7 Å². The van der Waals surface area contributed by atoms with Gasteiger partial charge in [-0.15, -0.1) is 0 Å². The zero-order valence-corrected chi connectivity index (χ0v) is 9.03. The van der Waals surface area contributed by atoms with E-state index in [-0.39, 0.29) is 0 Å². The Morgan fingerprint density at radius 1 is 1.06 bits per heavy atom. The van der Waals surface area contributed by atoms with Gasteiger partial charge in [0.05, 0.1) is 0 Å². The standard InChI is InChI=1S/C13H12O3/c1-9-2-4-11(16-9)6-10-3-5-12-13(7-10)15-8-14-12/h2-5,7H,6,8H2,1H3. The maximum absolute atomic E-state index is 5.53. The summed E-state index contributed by atoms with van der Waals surface area (Å²) in [5, 5.41) is 0. The fourth-order valence-electron chi connectivity index (χ4n) is 1.83. The maximum atomic E-state index is 5.53. The summed E-state index contributed by atoms with van der Waals surface area (Å²) in [5.41, 5.74) is 1.17. The Morgan fingerprint density at radius 2 is 1.94 bits per heavy atom. The minimum atomic E-state index is 0.318. The molecule has 0 radical (unpaired) electrons. The first-order chi connectivity index (χ1) is 7.81. The van der Waals surface area contributed by atoms with Crippen LogP contribution in [0.3, 0.4) is 0 Å². The van der Waals surface area contributed by atoms with Crippen LogP contribution in [0.4, 0.5) is 0 Å². The molecule has 0 saturated heterocycles. The number of hydrogen-bond donors (Lipinski definition) is 0. The summed E-state index contributed by atoms with van der Waals surface area (Å²) in [5.74, 6) is 3.55. The first kappa shape index (κ1) is 9.33. The fourth-order valence-corrected chi connectivity index (χ4v) is 1.83. The molecule has 3 heteroatoms. The Balaban J connectivity index is 1.85. The van der Waals surface area contributed by atoms with Crippen LogP contribution in [0, 0.1) is 6.92 Å². The highest BCUT2D eigenvalue weighted by Gasteiger charge is 2.13. The van der Waals surface area contributed by atoms with Crippen molar-refractivity contribution in [2.45, 2.75) is 13.3 Å². The molecule has 0 spiro atoms. The average Bonchev–Trinajstić information content (AvgIpc) is 2.87. The molecule has 16 heavy (non-hydrogen) atoms. The molecule has 82 valence electrons. The van der Waals surface area contributed by atoms with Crippen LogP contribution in [-0.4, -0.2) is 6.79 Å². The van der Waals surface area contributed by atoms with Gasteiger partial charge in [-0.25, -0.2) is 0 Å². The van der Waals surface area contributed by atoms with E-state index < -0.39 is 0 Å². The van der Waals surface area contributed by atoms with Crippen molar-refractivity contribution in [3.05, 3.63) is 47.4 Å². The molecule has 0 N–H and O–H groups in total. The minimum Gasteiger partial charge on any atom is -0.466 e. The van der Waals surface area contributed by atoms with Gasteiger partial charge in [-0.2, -0.15) is 0 Å². The van der Waals surface area contributed by atoms with E-state index in [2.05, 4.69) is 0 Å². The third kappa shape index (κ3) is 1.65. The van der Waals surface area contributed by atoms with Gasteiger partial charge >= 0.3 is 0 Å². The lowest BCUT2D eigenvalue weighted by Crippen LogP contribution is -1.93. The predicted molar refractivity (Wildman–Crippen MR) is 58.8 cm³/mol. The minimum absolute atomic E-state index is 0.318. The van der Waals surface area contributed by atoms with E-state index in [1.54, 1.807) is 0 Å². The number of ether oxygens (including phenoxy) is 2. The van der Waals surface area contributed by atoms with E-state index in [0.717, 1.165) is 29.4 Å². The molecule has 0 unspecified atom stereocenters. The van der Waals surface area contributed by atoms with Gasteiger partial charge < -0.3 is 13.9 Å². The Morgan fingerprint density at radius 3 is 2.75 bits per heavy atom. The summed E-state index contributed by atoms with van der Waals surface area (Å²) >= 11 is 0. The van der Waals surface area contributed by atoms with Gasteiger partial charge in [0, 0.05) is 6.42 Å². The number of rotatable bonds is 2. The molecule has 1 aromatic heterocycles. The molecule has 3 nitrogen and oxygen atoms in total. The van der Waals surface area contributed by atoms with Crippen molar-refractivity contribution in [1.29, 1.82) is 0 Å². The lowest BCUT2D eigenvalue weighted by Gasteiger charge is -2.00. The molecule has 2 aromatic rings. The molecule has 0 atom stereocenters. The molecule has 0 aliphatic carbocycles. The molecule has 1 aromatic carbocycles. The monoisotopic (exact) mass is 216 g/mol. The molecule has 1 aliphatic rings. The van der Waals surface area contributed by atoms with E-state index in [0.29, 0.717) is 6.79 Å². The van der Waals surface area contributed by atoms with Crippen LogP contribution >= 0.6 is 0 Å². The number of aryl methyl sites for hydroxylation is 1. The molecular formula is C13H12O3. The van der Waals surface area contributed by atoms with Crippen LogP contribution in [0.1, 0.15) is 17.1 Å². The van der Waals surface area contributed by atoms with E-state index in [1.807, 2.05) is 37.3 Å². The Bertz CT molecular complexity index is 514. The second-order valence-electron chi connectivity index (χ2n) is 3.88. The van der Waals surface area contributed by atoms with Crippen molar-refractivity contribution in [2.75, 3.05) is 6.79 Å². The van der Waals surface area contributed by atoms with Crippen LogP contribution in [-0.2, 0) is 6.42 Å². The van der Waals surface area contributed by atoms with Crippen LogP contribution < -0.4 is 9.47 Å². The molecule has 0 bridgehead atoms. The maximum Gasteiger partial charge on any atom is 0.231 e. The lowest BCUT2D eigenvalue weighted by atomic mass is 10.1. The van der Waals surface area contributed by atoms with E-state index in [1.165, 1.54) is 5.56 Å². The zero-order chi connectivity index (χ0) is 11.0. The summed E-state index contributed by atoms with van der Waals surface area (Å²) in [6, 6.07) is 9.95. The van der Waals surface area contributed by atoms with Crippen LogP contribution in [0.25, 0.3) is 0 Å². The molecule has 1 aliphatic heterocycles. The second-order valence-corrected chi connectivity index (χ2v) is 3.88. The van der Waals surface area contributed by atoms with Gasteiger partial charge in [0.25, 0.3) is 0 Å². The summed E-state index contributed by atoms with van der Waals surface area (Å²) in [6.45, 7) is 2.27. The first-order valence-corrected chi connectivity index (χ1v) is 5.25. The van der Waals surface area contributed by atoms with E-state index >= 15 is 0 Å². The lowest BCUT2D eigenvalue weighted by molar-refractivity contribution is 0.174. The Labute approximate surface area is 93.6 Å². The normalized spacial score (nSPS) is 13.1. The average molecular weight is 216 g/mol. The first-order valence-electron chi connectivity index (χ1n) is 5.25. The quantitative estimate of drug-likeness (QED) is 0.773. The smallest absolute Gasteiger partial charge is 0.231 e. The second kappa shape index (κ2) is 3.59. The van der Waals surface area contributed by atoms with Gasteiger partial charge in [-0.1, -0.05) is 6.07 Å². The third-order valence-corrected chi connectivity index (χ3v) is 2.61. The molecule has 3 rings (SSSR count). The highest BCUT2D eigenvalue weighted by molar-refractivity contribution is 5.45. The van der Waals surface area contributed by atoms with Crippen molar-refractivity contribution >= 4 is 0 Å². The van der Waals surface area contributed by atoms with Gasteiger partial charge in [-0.3, -0.25) is 0 Å². The van der Waals surface area contributed by atoms with Crippen molar-refractivity contribution in [3.8, 4) is 11.5 Å². The molecular weight excluding hydrogens is 204 g/mol. The van der Waals surface area contributed by atoms with E-state index in [9.17, 15) is 0 Å². The predicted octanol–water partition coefficient (Wildman–Crippen LogP) is 2.91. The van der Waals surface area contributed by atoms with Crippen molar-refractivity contribution in [1.82, 2.24) is 0 Å². The van der Waals surface area contributed by atoms with Crippen molar-refractivity contribution in [3.63, 3.8) is 0 Å². The molecule has 0 amide bonds. The van der Waals surface area contributed by atoms with Crippen molar-refractivity contribution < 1.29 is 13.9 Å². The molecule has 2 heterocycles. The molecule has 0 saturated carbocycles. The molecule has 0 fully saturated rings. The number of hydrogen-bond acceptors (Lipinski definition) is 3. The summed E-state index contributed by atoms with van der Waals surface area (Å²) < 4.78 is 16.1. The number of benzene rings is 1. The van der Waals surface area contributed by atoms with Crippen molar-refractivity contribution in [2.24, 2.45) is 0 Å². The van der Waals surface area contributed by atoms with Gasteiger partial charge in [0.2, 0.25) is 6.79 Å². The van der Waals surface area contributed by atoms with Gasteiger partial charge in [0.1, 0.15) is 11.5 Å². The summed E-state index contributed by atoms with van der Waals surface area (Å²) in [7, 11) is 0. The summed E-state index contributed by atoms with van der Waals surface area (Å²) in [6.07, 6.45) is 0.782. The zero-order valence-electron chi connectivity index (χ0n) is 9.03. The van der Waals surface area contributed by atoms with Crippen LogP contribution in [0.5, 0.6) is 11.5 Å². The Hall–Kier alpha value is -1.90. The van der Waals surface area contributed by atoms with Gasteiger partial charge in [0.15, 0.2) is 11.5 Å². The SMILES string of the molecule is Cc1ccc(Cc2ccc3c(c2)OCO3)o1. The fraction of sp³-hybridized carbons (Fsp3) is 0.231. The highest BCUT2D eigenvalue weighted by atomic mass is 16.7. The third-order valence-electron chi connectivity index (χ3n) is 2.61. The number of fused-ring (bicyclic) bond motifs is 1. The number of furan rings is 1. The largest absolute Gasteiger partial charge is 0.466 e. The van der Waals surface area contributed by atoms with Crippen LogP contribution in [0.2, 0.25) is 0 Å². The Kier molecular flexibility index (Phi) is 2.10. The summed E-state index contributed by atoms with van der Waals surface area (Å²) in [4.78, 5) is 0. The van der Waals surface area contributed by atoms with E-state index in [4.69, 9.17) is 13.9 Å². The van der Waals surface area contributed by atoms with Gasteiger partial charge in [-0.05, 0) is 36.8 Å².